The van der Waals surface area contributed by atoms with Crippen molar-refractivity contribution in [1.29, 1.82) is 0 Å². The van der Waals surface area contributed by atoms with E-state index in [-0.39, 0.29) is 6.10 Å². The zero-order chi connectivity index (χ0) is 14.7. The number of likely N-dealkylation sites (N-methyl/N-ethyl adjacent to an activating group) is 1. The number of anilines is 1. The second-order valence-corrected chi connectivity index (χ2v) is 5.88. The maximum absolute atomic E-state index is 6.03. The highest BCUT2D eigenvalue weighted by Gasteiger charge is 2.20. The Labute approximate surface area is 130 Å². The average Bonchev–Trinajstić information content (AvgIpc) is 2.47. The molecule has 1 aliphatic rings. The second kappa shape index (κ2) is 6.37. The number of rotatable bonds is 4. The Kier molecular flexibility index (Phi) is 4.32. The van der Waals surface area contributed by atoms with Crippen molar-refractivity contribution in [2.45, 2.75) is 12.6 Å². The third-order valence-electron chi connectivity index (χ3n) is 3.56. The molecule has 0 radical (unpaired) electrons. The van der Waals surface area contributed by atoms with E-state index in [1.807, 2.05) is 42.5 Å². The van der Waals surface area contributed by atoms with Crippen LogP contribution < -0.4 is 10.1 Å². The molecular formula is C17H19ClN2O. The van der Waals surface area contributed by atoms with Crippen molar-refractivity contribution < 1.29 is 4.74 Å². The number of nitrogens with one attached hydrogen (secondary N) is 1. The summed E-state index contributed by atoms with van der Waals surface area (Å²) in [6.07, 6.45) is 0.157. The first-order chi connectivity index (χ1) is 10.2. The minimum absolute atomic E-state index is 0.157. The van der Waals surface area contributed by atoms with Crippen LogP contribution in [0, 0.1) is 0 Å². The molecule has 0 bridgehead atoms. The number of hydrogen-bond acceptors (Lipinski definition) is 3. The van der Waals surface area contributed by atoms with Gasteiger partial charge in [-0.2, -0.15) is 0 Å². The van der Waals surface area contributed by atoms with Crippen molar-refractivity contribution in [3.8, 4) is 5.75 Å². The van der Waals surface area contributed by atoms with Crippen molar-refractivity contribution in [3.63, 3.8) is 0 Å². The van der Waals surface area contributed by atoms with Crippen molar-refractivity contribution in [3.05, 3.63) is 59.1 Å². The number of fused-ring (bicyclic) bond motifs is 1. The highest BCUT2D eigenvalue weighted by molar-refractivity contribution is 6.30. The fraction of sp³-hybridized carbons (Fsp3) is 0.294. The summed E-state index contributed by atoms with van der Waals surface area (Å²) >= 11 is 6.02. The van der Waals surface area contributed by atoms with Crippen LogP contribution in [0.5, 0.6) is 5.75 Å². The summed E-state index contributed by atoms with van der Waals surface area (Å²) in [5.74, 6) is 0.935. The molecule has 0 amide bonds. The molecule has 1 N–H and O–H groups in total. The van der Waals surface area contributed by atoms with E-state index < -0.39 is 0 Å². The maximum Gasteiger partial charge on any atom is 0.142 e. The number of ether oxygens (including phenoxy) is 1. The van der Waals surface area contributed by atoms with Crippen LogP contribution in [0.25, 0.3) is 0 Å². The molecule has 21 heavy (non-hydrogen) atoms. The smallest absolute Gasteiger partial charge is 0.142 e. The molecule has 3 rings (SSSR count). The second-order valence-electron chi connectivity index (χ2n) is 5.44. The molecule has 1 unspecified atom stereocenters. The number of benzene rings is 2. The van der Waals surface area contributed by atoms with Crippen LogP contribution in [0.1, 0.15) is 5.56 Å². The minimum atomic E-state index is 0.157. The Bertz CT molecular complexity index is 617. The molecule has 3 nitrogen and oxygen atoms in total. The average molecular weight is 303 g/mol. The van der Waals surface area contributed by atoms with Gasteiger partial charge in [-0.3, -0.25) is 4.90 Å². The molecule has 1 atom stereocenters. The van der Waals surface area contributed by atoms with Crippen LogP contribution in [0.15, 0.2) is 48.5 Å². The lowest BCUT2D eigenvalue weighted by molar-refractivity contribution is 0.148. The summed E-state index contributed by atoms with van der Waals surface area (Å²) in [4.78, 5) is 2.26. The van der Waals surface area contributed by atoms with E-state index in [0.717, 1.165) is 36.1 Å². The van der Waals surface area contributed by atoms with Gasteiger partial charge in [0.15, 0.2) is 0 Å². The Hall–Kier alpha value is -1.71. The van der Waals surface area contributed by atoms with E-state index in [4.69, 9.17) is 16.3 Å². The predicted octanol–water partition coefficient (Wildman–Crippen LogP) is 3.64. The highest BCUT2D eigenvalue weighted by Crippen LogP contribution is 2.28. The molecule has 1 aliphatic heterocycles. The third-order valence-corrected chi connectivity index (χ3v) is 3.79. The van der Waals surface area contributed by atoms with Crippen LogP contribution in [-0.4, -0.2) is 31.1 Å². The van der Waals surface area contributed by atoms with Crippen LogP contribution in [-0.2, 0) is 6.54 Å². The van der Waals surface area contributed by atoms with Gasteiger partial charge in [0.2, 0.25) is 0 Å². The molecule has 2 aromatic carbocycles. The summed E-state index contributed by atoms with van der Waals surface area (Å²) in [6, 6.07) is 16.0. The fourth-order valence-corrected chi connectivity index (χ4v) is 2.83. The first kappa shape index (κ1) is 14.2. The van der Waals surface area contributed by atoms with Gasteiger partial charge >= 0.3 is 0 Å². The van der Waals surface area contributed by atoms with Gasteiger partial charge in [-0.1, -0.05) is 35.9 Å². The van der Waals surface area contributed by atoms with Crippen molar-refractivity contribution in [2.75, 3.05) is 25.5 Å². The molecule has 0 spiro atoms. The van der Waals surface area contributed by atoms with Gasteiger partial charge in [0.05, 0.1) is 12.2 Å². The van der Waals surface area contributed by atoms with Crippen molar-refractivity contribution >= 4 is 17.3 Å². The van der Waals surface area contributed by atoms with Gasteiger partial charge in [0, 0.05) is 18.1 Å². The molecule has 0 saturated heterocycles. The van der Waals surface area contributed by atoms with E-state index >= 15 is 0 Å². The zero-order valence-electron chi connectivity index (χ0n) is 12.1. The SMILES string of the molecule is CN(Cc1cccc(Cl)c1)CC1CNc2ccccc2O1. The molecule has 0 aromatic heterocycles. The van der Waals surface area contributed by atoms with E-state index in [2.05, 4.69) is 23.3 Å². The molecule has 0 aliphatic carbocycles. The minimum Gasteiger partial charge on any atom is -0.485 e. The Morgan fingerprint density at radius 1 is 1.24 bits per heavy atom. The number of halogens is 1. The monoisotopic (exact) mass is 302 g/mol. The normalized spacial score (nSPS) is 17.0. The first-order valence-electron chi connectivity index (χ1n) is 7.13. The Morgan fingerprint density at radius 2 is 2.10 bits per heavy atom. The topological polar surface area (TPSA) is 24.5 Å². The van der Waals surface area contributed by atoms with Crippen molar-refractivity contribution in [2.24, 2.45) is 0 Å². The standard InChI is InChI=1S/C17H19ClN2O/c1-20(11-13-5-4-6-14(18)9-13)12-15-10-19-16-7-2-3-8-17(16)21-15/h2-9,15,19H,10-12H2,1H3. The van der Waals surface area contributed by atoms with Gasteiger partial charge < -0.3 is 10.1 Å². The summed E-state index contributed by atoms with van der Waals surface area (Å²) in [7, 11) is 2.10. The van der Waals surface area contributed by atoms with E-state index in [1.54, 1.807) is 0 Å². The van der Waals surface area contributed by atoms with Gasteiger partial charge in [0.25, 0.3) is 0 Å². The maximum atomic E-state index is 6.03. The summed E-state index contributed by atoms with van der Waals surface area (Å²) < 4.78 is 6.03. The molecule has 0 fully saturated rings. The van der Waals surface area contributed by atoms with Gasteiger partial charge in [-0.15, -0.1) is 0 Å². The molecule has 110 valence electrons. The quantitative estimate of drug-likeness (QED) is 0.933. The zero-order valence-corrected chi connectivity index (χ0v) is 12.8. The summed E-state index contributed by atoms with van der Waals surface area (Å²) in [5.41, 5.74) is 2.29. The molecule has 1 heterocycles. The van der Waals surface area contributed by atoms with Crippen LogP contribution in [0.3, 0.4) is 0 Å². The summed E-state index contributed by atoms with van der Waals surface area (Å²) in [6.45, 7) is 2.56. The van der Waals surface area contributed by atoms with Gasteiger partial charge in [-0.05, 0) is 36.9 Å². The Morgan fingerprint density at radius 3 is 2.95 bits per heavy atom. The lowest BCUT2D eigenvalue weighted by Gasteiger charge is -2.30. The van der Waals surface area contributed by atoms with Crippen LogP contribution in [0.4, 0.5) is 5.69 Å². The van der Waals surface area contributed by atoms with E-state index in [9.17, 15) is 0 Å². The third kappa shape index (κ3) is 3.69. The molecule has 2 aromatic rings. The van der Waals surface area contributed by atoms with Crippen molar-refractivity contribution in [1.82, 2.24) is 4.90 Å². The summed E-state index contributed by atoms with van der Waals surface area (Å²) in [5, 5.41) is 4.20. The molecule has 4 heteroatoms. The largest absolute Gasteiger partial charge is 0.485 e. The highest BCUT2D eigenvalue weighted by atomic mass is 35.5. The molecule has 0 saturated carbocycles. The predicted molar refractivity (Wildman–Crippen MR) is 87.1 cm³/mol. The Balaban J connectivity index is 1.57. The number of hydrogen-bond donors (Lipinski definition) is 1. The van der Waals surface area contributed by atoms with E-state index in [1.165, 1.54) is 5.56 Å². The number of para-hydroxylation sites is 2. The van der Waals surface area contributed by atoms with Crippen LogP contribution in [0.2, 0.25) is 5.02 Å². The van der Waals surface area contributed by atoms with E-state index in [0.29, 0.717) is 0 Å². The van der Waals surface area contributed by atoms with Gasteiger partial charge in [-0.25, -0.2) is 0 Å². The van der Waals surface area contributed by atoms with Crippen LogP contribution >= 0.6 is 11.6 Å². The number of nitrogens with zero attached hydrogens (tertiary/aromatic N) is 1. The lowest BCUT2D eigenvalue weighted by atomic mass is 10.2. The van der Waals surface area contributed by atoms with Gasteiger partial charge in [0.1, 0.15) is 11.9 Å². The first-order valence-corrected chi connectivity index (χ1v) is 7.51. The fourth-order valence-electron chi connectivity index (χ4n) is 2.62. The lowest BCUT2D eigenvalue weighted by Crippen LogP contribution is -2.40. The molecular weight excluding hydrogens is 284 g/mol.